The summed E-state index contributed by atoms with van der Waals surface area (Å²) in [5, 5.41) is 8.53. The van der Waals surface area contributed by atoms with E-state index in [1.165, 1.54) is 0 Å². The van der Waals surface area contributed by atoms with Gasteiger partial charge < -0.3 is 15.7 Å². The van der Waals surface area contributed by atoms with Gasteiger partial charge in [0.25, 0.3) is 0 Å². The summed E-state index contributed by atoms with van der Waals surface area (Å²) in [5.74, 6) is 0. The summed E-state index contributed by atoms with van der Waals surface area (Å²) in [6.07, 6.45) is 2.00. The van der Waals surface area contributed by atoms with Gasteiger partial charge in [0.1, 0.15) is 0 Å². The van der Waals surface area contributed by atoms with Crippen molar-refractivity contribution in [3.63, 3.8) is 0 Å². The van der Waals surface area contributed by atoms with Crippen molar-refractivity contribution < 1.29 is 5.11 Å². The molecule has 0 aromatic carbocycles. The monoisotopic (exact) mass is 144 g/mol. The van der Waals surface area contributed by atoms with Gasteiger partial charge in [0.15, 0.2) is 0 Å². The van der Waals surface area contributed by atoms with Gasteiger partial charge in [0.2, 0.25) is 0 Å². The zero-order valence-corrected chi connectivity index (χ0v) is 6.29. The zero-order valence-electron chi connectivity index (χ0n) is 6.29. The Hall–Kier alpha value is -0.120. The van der Waals surface area contributed by atoms with E-state index in [-0.39, 0.29) is 0 Å². The number of aliphatic hydroxyl groups is 1. The Morgan fingerprint density at radius 3 is 2.90 bits per heavy atom. The molecule has 0 aromatic rings. The van der Waals surface area contributed by atoms with Crippen LogP contribution in [-0.4, -0.2) is 42.3 Å². The Balaban J connectivity index is 2.06. The minimum atomic E-state index is 0.297. The molecule has 1 rings (SSSR count). The van der Waals surface area contributed by atoms with Crippen molar-refractivity contribution >= 4 is 0 Å². The molecule has 1 atom stereocenters. The maximum Gasteiger partial charge on any atom is 0.0443 e. The van der Waals surface area contributed by atoms with Crippen LogP contribution >= 0.6 is 0 Å². The maximum absolute atomic E-state index is 8.53. The average molecular weight is 144 g/mol. The lowest BCUT2D eigenvalue weighted by atomic mass is 10.3. The molecule has 0 radical (unpaired) electrons. The molecule has 1 fully saturated rings. The van der Waals surface area contributed by atoms with Crippen molar-refractivity contribution in [2.24, 2.45) is 5.73 Å². The van der Waals surface area contributed by atoms with Crippen LogP contribution < -0.4 is 5.73 Å². The SMILES string of the molecule is N[C@@H]1CCN(CCCO)C1. The van der Waals surface area contributed by atoms with E-state index in [4.69, 9.17) is 10.8 Å². The number of rotatable bonds is 3. The Bertz CT molecular complexity index is 97.6. The van der Waals surface area contributed by atoms with Crippen molar-refractivity contribution in [1.82, 2.24) is 4.90 Å². The largest absolute Gasteiger partial charge is 0.396 e. The van der Waals surface area contributed by atoms with Gasteiger partial charge in [-0.25, -0.2) is 0 Å². The number of hydrogen-bond acceptors (Lipinski definition) is 3. The van der Waals surface area contributed by atoms with E-state index >= 15 is 0 Å². The van der Waals surface area contributed by atoms with Crippen molar-refractivity contribution in [3.8, 4) is 0 Å². The molecule has 3 N–H and O–H groups in total. The second-order valence-corrected chi connectivity index (χ2v) is 2.93. The normalized spacial score (nSPS) is 27.6. The highest BCUT2D eigenvalue weighted by Gasteiger charge is 2.17. The Morgan fingerprint density at radius 1 is 1.60 bits per heavy atom. The molecule has 10 heavy (non-hydrogen) atoms. The standard InChI is InChI=1S/C7H16N2O/c8-7-2-4-9(6-7)3-1-5-10/h7,10H,1-6,8H2/t7-/m1/s1. The first-order valence-corrected chi connectivity index (χ1v) is 3.91. The third-order valence-electron chi connectivity index (χ3n) is 1.94. The van der Waals surface area contributed by atoms with E-state index in [1.807, 2.05) is 0 Å². The van der Waals surface area contributed by atoms with Crippen LogP contribution in [0.4, 0.5) is 0 Å². The van der Waals surface area contributed by atoms with Gasteiger partial charge in [-0.3, -0.25) is 0 Å². The molecular weight excluding hydrogens is 128 g/mol. The minimum Gasteiger partial charge on any atom is -0.396 e. The topological polar surface area (TPSA) is 49.5 Å². The summed E-state index contributed by atoms with van der Waals surface area (Å²) in [4.78, 5) is 2.31. The first kappa shape index (κ1) is 7.98. The Labute approximate surface area is 61.8 Å². The number of nitrogens with zero attached hydrogens (tertiary/aromatic N) is 1. The highest BCUT2D eigenvalue weighted by Crippen LogP contribution is 2.06. The summed E-state index contributed by atoms with van der Waals surface area (Å²) in [6.45, 7) is 3.43. The van der Waals surface area contributed by atoms with E-state index in [0.717, 1.165) is 32.5 Å². The number of hydrogen-bond donors (Lipinski definition) is 2. The molecule has 60 valence electrons. The first-order valence-electron chi connectivity index (χ1n) is 3.91. The van der Waals surface area contributed by atoms with Gasteiger partial charge in [0, 0.05) is 25.7 Å². The van der Waals surface area contributed by atoms with Crippen LogP contribution in [-0.2, 0) is 0 Å². The molecule has 1 aliphatic heterocycles. The van der Waals surface area contributed by atoms with Crippen LogP contribution in [0.25, 0.3) is 0 Å². The molecule has 3 heteroatoms. The summed E-state index contributed by atoms with van der Waals surface area (Å²) in [7, 11) is 0. The van der Waals surface area contributed by atoms with Gasteiger partial charge in [-0.2, -0.15) is 0 Å². The first-order chi connectivity index (χ1) is 4.83. The summed E-state index contributed by atoms with van der Waals surface area (Å²) in [5.41, 5.74) is 5.69. The van der Waals surface area contributed by atoms with Crippen molar-refractivity contribution in [2.75, 3.05) is 26.2 Å². The van der Waals surface area contributed by atoms with Crippen molar-refractivity contribution in [1.29, 1.82) is 0 Å². The fourth-order valence-corrected chi connectivity index (χ4v) is 1.36. The van der Waals surface area contributed by atoms with Crippen LogP contribution in [0.3, 0.4) is 0 Å². The molecule has 0 amide bonds. The predicted molar refractivity (Wildman–Crippen MR) is 40.7 cm³/mol. The summed E-state index contributed by atoms with van der Waals surface area (Å²) in [6, 6.07) is 0.374. The van der Waals surface area contributed by atoms with Gasteiger partial charge in [0.05, 0.1) is 0 Å². The van der Waals surface area contributed by atoms with Crippen LogP contribution in [0.1, 0.15) is 12.8 Å². The fourth-order valence-electron chi connectivity index (χ4n) is 1.36. The average Bonchev–Trinajstić information content (AvgIpc) is 2.31. The molecule has 0 spiro atoms. The molecule has 0 saturated carbocycles. The lowest BCUT2D eigenvalue weighted by Crippen LogP contribution is -2.27. The molecule has 0 aliphatic carbocycles. The minimum absolute atomic E-state index is 0.297. The predicted octanol–water partition coefficient (Wildman–Crippen LogP) is -0.598. The van der Waals surface area contributed by atoms with Crippen molar-refractivity contribution in [3.05, 3.63) is 0 Å². The Morgan fingerprint density at radius 2 is 2.40 bits per heavy atom. The van der Waals surface area contributed by atoms with Crippen LogP contribution in [0.15, 0.2) is 0 Å². The maximum atomic E-state index is 8.53. The quantitative estimate of drug-likeness (QED) is 0.556. The van der Waals surface area contributed by atoms with Gasteiger partial charge in [-0.15, -0.1) is 0 Å². The third-order valence-corrected chi connectivity index (χ3v) is 1.94. The second kappa shape index (κ2) is 3.91. The highest BCUT2D eigenvalue weighted by molar-refractivity contribution is 4.77. The highest BCUT2D eigenvalue weighted by atomic mass is 16.3. The van der Waals surface area contributed by atoms with Gasteiger partial charge in [-0.05, 0) is 19.4 Å². The smallest absolute Gasteiger partial charge is 0.0443 e. The molecule has 0 unspecified atom stereocenters. The van der Waals surface area contributed by atoms with Gasteiger partial charge in [-0.1, -0.05) is 0 Å². The van der Waals surface area contributed by atoms with E-state index < -0.39 is 0 Å². The lowest BCUT2D eigenvalue weighted by Gasteiger charge is -2.13. The van der Waals surface area contributed by atoms with E-state index in [9.17, 15) is 0 Å². The van der Waals surface area contributed by atoms with Crippen LogP contribution in [0, 0.1) is 0 Å². The van der Waals surface area contributed by atoms with Crippen LogP contribution in [0.5, 0.6) is 0 Å². The fraction of sp³-hybridized carbons (Fsp3) is 1.00. The van der Waals surface area contributed by atoms with E-state index in [0.29, 0.717) is 12.6 Å². The molecule has 1 aliphatic rings. The Kier molecular flexibility index (Phi) is 3.12. The van der Waals surface area contributed by atoms with E-state index in [1.54, 1.807) is 0 Å². The van der Waals surface area contributed by atoms with Gasteiger partial charge >= 0.3 is 0 Å². The lowest BCUT2D eigenvalue weighted by molar-refractivity contribution is 0.247. The molecule has 0 bridgehead atoms. The molecule has 0 aromatic heterocycles. The second-order valence-electron chi connectivity index (χ2n) is 2.93. The van der Waals surface area contributed by atoms with Crippen molar-refractivity contribution in [2.45, 2.75) is 18.9 Å². The summed E-state index contributed by atoms with van der Waals surface area (Å²) >= 11 is 0. The van der Waals surface area contributed by atoms with E-state index in [2.05, 4.69) is 4.90 Å². The third kappa shape index (κ3) is 2.25. The van der Waals surface area contributed by atoms with Crippen LogP contribution in [0.2, 0.25) is 0 Å². The molecule has 1 heterocycles. The molecular formula is C7H16N2O. The molecule has 3 nitrogen and oxygen atoms in total. The summed E-state index contributed by atoms with van der Waals surface area (Å²) < 4.78 is 0. The number of nitrogens with two attached hydrogens (primary N) is 1. The molecule has 1 saturated heterocycles. The number of likely N-dealkylation sites (tertiary alicyclic amines) is 1. The zero-order chi connectivity index (χ0) is 7.40. The number of aliphatic hydroxyl groups excluding tert-OH is 1.